The molecule has 0 spiro atoms. The Kier molecular flexibility index (Phi) is 6.27. The minimum Gasteiger partial charge on any atom is -0.463 e. The minimum absolute atomic E-state index is 0.0327. The third-order valence-corrected chi connectivity index (χ3v) is 4.45. The van der Waals surface area contributed by atoms with E-state index in [1.54, 1.807) is 43.3 Å². The molecule has 1 aliphatic rings. The molecule has 1 saturated carbocycles. The first kappa shape index (κ1) is 20.8. The van der Waals surface area contributed by atoms with E-state index in [9.17, 15) is 19.2 Å². The van der Waals surface area contributed by atoms with E-state index in [0.29, 0.717) is 12.3 Å². The van der Waals surface area contributed by atoms with E-state index in [1.165, 1.54) is 16.8 Å². The second-order valence-electron chi connectivity index (χ2n) is 6.72. The molecule has 0 bridgehead atoms. The molecule has 1 aliphatic carbocycles. The van der Waals surface area contributed by atoms with Crippen LogP contribution in [-0.4, -0.2) is 27.6 Å². The van der Waals surface area contributed by atoms with Gasteiger partial charge in [0.15, 0.2) is 0 Å². The second kappa shape index (κ2) is 9.05. The Morgan fingerprint density at radius 3 is 2.57 bits per heavy atom. The Morgan fingerprint density at radius 2 is 1.97 bits per heavy atom. The highest BCUT2D eigenvalue weighted by atomic mass is 16.5. The Hall–Kier alpha value is -3.93. The molecule has 0 saturated heterocycles. The van der Waals surface area contributed by atoms with E-state index in [1.807, 2.05) is 0 Å². The van der Waals surface area contributed by atoms with Crippen LogP contribution in [-0.2, 0) is 20.9 Å². The Balaban J connectivity index is 1.71. The van der Waals surface area contributed by atoms with E-state index in [0.717, 1.165) is 23.0 Å². The van der Waals surface area contributed by atoms with Crippen molar-refractivity contribution in [2.75, 3.05) is 11.9 Å². The van der Waals surface area contributed by atoms with Gasteiger partial charge in [0.05, 0.1) is 6.61 Å². The van der Waals surface area contributed by atoms with E-state index in [2.05, 4.69) is 5.32 Å². The van der Waals surface area contributed by atoms with Crippen molar-refractivity contribution in [3.05, 3.63) is 68.5 Å². The average molecular weight is 408 g/mol. The van der Waals surface area contributed by atoms with Crippen molar-refractivity contribution in [1.82, 2.24) is 9.13 Å². The molecular formula is C21H20N4O5. The zero-order chi connectivity index (χ0) is 21.7. The number of aromatic nitrogens is 2. The van der Waals surface area contributed by atoms with Crippen molar-refractivity contribution in [2.24, 2.45) is 0 Å². The van der Waals surface area contributed by atoms with Crippen molar-refractivity contribution in [1.29, 1.82) is 5.26 Å². The second-order valence-corrected chi connectivity index (χ2v) is 6.72. The Morgan fingerprint density at radius 1 is 1.27 bits per heavy atom. The van der Waals surface area contributed by atoms with Crippen LogP contribution in [0.5, 0.6) is 0 Å². The van der Waals surface area contributed by atoms with Gasteiger partial charge in [-0.3, -0.25) is 14.2 Å². The molecule has 2 aromatic rings. The maximum Gasteiger partial charge on any atom is 0.331 e. The number of carbonyl (C=O) groups excluding carboxylic acids is 2. The fourth-order valence-electron chi connectivity index (χ4n) is 2.83. The topological polar surface area (TPSA) is 123 Å². The molecule has 30 heavy (non-hydrogen) atoms. The van der Waals surface area contributed by atoms with Gasteiger partial charge >= 0.3 is 11.7 Å². The van der Waals surface area contributed by atoms with Crippen LogP contribution in [0.4, 0.5) is 5.69 Å². The predicted molar refractivity (Wildman–Crippen MR) is 109 cm³/mol. The molecule has 9 heteroatoms. The number of carbonyl (C=O) groups is 2. The van der Waals surface area contributed by atoms with Crippen molar-refractivity contribution < 1.29 is 14.3 Å². The van der Waals surface area contributed by atoms with E-state index >= 15 is 0 Å². The summed E-state index contributed by atoms with van der Waals surface area (Å²) in [5, 5.41) is 11.8. The van der Waals surface area contributed by atoms with E-state index < -0.39 is 29.7 Å². The highest BCUT2D eigenvalue weighted by molar-refractivity contribution is 5.91. The average Bonchev–Trinajstić information content (AvgIpc) is 3.56. The maximum atomic E-state index is 12.5. The Labute approximate surface area is 171 Å². The van der Waals surface area contributed by atoms with Crippen LogP contribution >= 0.6 is 0 Å². The monoisotopic (exact) mass is 408 g/mol. The quantitative estimate of drug-likeness (QED) is 0.546. The number of ether oxygens (including phenoxy) is 1. The number of nitrogens with one attached hydrogen (secondary N) is 1. The maximum absolute atomic E-state index is 12.5. The van der Waals surface area contributed by atoms with Crippen LogP contribution in [0.25, 0.3) is 6.08 Å². The molecule has 1 heterocycles. The van der Waals surface area contributed by atoms with Crippen molar-refractivity contribution in [2.45, 2.75) is 32.4 Å². The molecule has 1 aromatic heterocycles. The van der Waals surface area contributed by atoms with Crippen LogP contribution in [0.1, 0.15) is 36.9 Å². The van der Waals surface area contributed by atoms with E-state index in [-0.39, 0.29) is 11.6 Å². The molecule has 1 aromatic carbocycles. The summed E-state index contributed by atoms with van der Waals surface area (Å²) >= 11 is 0. The lowest BCUT2D eigenvalue weighted by Gasteiger charge is -2.10. The fraction of sp³-hybridized carbons (Fsp3) is 0.286. The summed E-state index contributed by atoms with van der Waals surface area (Å²) in [7, 11) is 0. The summed E-state index contributed by atoms with van der Waals surface area (Å²) in [5.41, 5.74) is -0.372. The van der Waals surface area contributed by atoms with Gasteiger partial charge in [0.1, 0.15) is 18.2 Å². The molecule has 154 valence electrons. The molecule has 1 N–H and O–H groups in total. The predicted octanol–water partition coefficient (Wildman–Crippen LogP) is 1.43. The SMILES string of the molecule is CCOC(=O)/C=C/c1ccc(NC(=O)Cn2c(=O)c(C#N)cn(C3CC3)c2=O)cc1. The van der Waals surface area contributed by atoms with Gasteiger partial charge in [-0.15, -0.1) is 0 Å². The number of hydrogen-bond donors (Lipinski definition) is 1. The van der Waals surface area contributed by atoms with Gasteiger partial charge in [0, 0.05) is 24.0 Å². The number of benzene rings is 1. The molecule has 0 radical (unpaired) electrons. The number of amides is 1. The molecule has 1 amide bonds. The summed E-state index contributed by atoms with van der Waals surface area (Å²) in [4.78, 5) is 48.6. The van der Waals surface area contributed by atoms with Gasteiger partial charge < -0.3 is 10.1 Å². The summed E-state index contributed by atoms with van der Waals surface area (Å²) in [6.45, 7) is 1.51. The molecule has 3 rings (SSSR count). The first-order valence-electron chi connectivity index (χ1n) is 9.43. The van der Waals surface area contributed by atoms with Crippen LogP contribution in [0.3, 0.4) is 0 Å². The number of nitrogens with zero attached hydrogens (tertiary/aromatic N) is 3. The molecule has 0 atom stereocenters. The van der Waals surface area contributed by atoms with E-state index in [4.69, 9.17) is 10.00 Å². The smallest absolute Gasteiger partial charge is 0.331 e. The highest BCUT2D eigenvalue weighted by Crippen LogP contribution is 2.33. The molecule has 9 nitrogen and oxygen atoms in total. The van der Waals surface area contributed by atoms with Gasteiger partial charge in [0.25, 0.3) is 5.56 Å². The van der Waals surface area contributed by atoms with Crippen LogP contribution in [0, 0.1) is 11.3 Å². The molecule has 0 unspecified atom stereocenters. The lowest BCUT2D eigenvalue weighted by atomic mass is 10.2. The molecule has 0 aliphatic heterocycles. The van der Waals surface area contributed by atoms with Gasteiger partial charge in [-0.25, -0.2) is 14.2 Å². The summed E-state index contributed by atoms with van der Waals surface area (Å²) in [6, 6.07) is 8.37. The third kappa shape index (κ3) is 4.91. The first-order valence-corrected chi connectivity index (χ1v) is 9.43. The third-order valence-electron chi connectivity index (χ3n) is 4.45. The minimum atomic E-state index is -0.783. The zero-order valence-electron chi connectivity index (χ0n) is 16.3. The summed E-state index contributed by atoms with van der Waals surface area (Å²) in [6.07, 6.45) is 5.74. The largest absolute Gasteiger partial charge is 0.463 e. The number of rotatable bonds is 7. The standard InChI is InChI=1S/C21H20N4O5/c1-2-30-19(27)10-5-14-3-6-16(7-4-14)23-18(26)13-25-20(28)15(11-22)12-24(21(25)29)17-8-9-17/h3-7,10,12,17H,2,8-9,13H2,1H3,(H,23,26)/b10-5+. The normalized spacial score (nSPS) is 13.1. The number of esters is 1. The lowest BCUT2D eigenvalue weighted by molar-refractivity contribution is -0.137. The van der Waals surface area contributed by atoms with Gasteiger partial charge in [0.2, 0.25) is 5.91 Å². The summed E-state index contributed by atoms with van der Waals surface area (Å²) in [5.74, 6) is -1.02. The van der Waals surface area contributed by atoms with Crippen molar-refractivity contribution in [3.8, 4) is 6.07 Å². The number of nitriles is 1. The summed E-state index contributed by atoms with van der Waals surface area (Å²) < 4.78 is 6.93. The Bertz CT molecular complexity index is 1150. The van der Waals surface area contributed by atoms with Gasteiger partial charge in [-0.05, 0) is 43.5 Å². The van der Waals surface area contributed by atoms with Crippen LogP contribution < -0.4 is 16.6 Å². The van der Waals surface area contributed by atoms with Crippen LogP contribution in [0.2, 0.25) is 0 Å². The van der Waals surface area contributed by atoms with Gasteiger partial charge in [-0.2, -0.15) is 5.26 Å². The first-order chi connectivity index (χ1) is 14.4. The fourth-order valence-corrected chi connectivity index (χ4v) is 2.83. The van der Waals surface area contributed by atoms with Crippen LogP contribution in [0.15, 0.2) is 46.1 Å². The lowest BCUT2D eigenvalue weighted by Crippen LogP contribution is -2.43. The van der Waals surface area contributed by atoms with Gasteiger partial charge in [-0.1, -0.05) is 12.1 Å². The number of hydrogen-bond acceptors (Lipinski definition) is 6. The van der Waals surface area contributed by atoms with Crippen molar-refractivity contribution >= 4 is 23.6 Å². The van der Waals surface area contributed by atoms with Crippen molar-refractivity contribution in [3.63, 3.8) is 0 Å². The highest BCUT2D eigenvalue weighted by Gasteiger charge is 2.27. The zero-order valence-corrected chi connectivity index (χ0v) is 16.3. The molecule has 1 fully saturated rings. The number of anilines is 1. The molecular weight excluding hydrogens is 388 g/mol.